The van der Waals surface area contributed by atoms with E-state index in [0.717, 1.165) is 19.3 Å². The molecule has 1 aromatic heterocycles. The van der Waals surface area contributed by atoms with Crippen LogP contribution in [0.4, 0.5) is 0 Å². The van der Waals surface area contributed by atoms with Crippen LogP contribution >= 0.6 is 0 Å². The first kappa shape index (κ1) is 11.4. The molecule has 3 aliphatic rings. The van der Waals surface area contributed by atoms with Gasteiger partial charge in [-0.15, -0.1) is 5.10 Å². The lowest BCUT2D eigenvalue weighted by molar-refractivity contribution is -0.0775. The molecule has 1 heterocycles. The number of hydrogen-bond acceptors (Lipinski definition) is 6. The lowest BCUT2D eigenvalue weighted by Crippen LogP contribution is -2.74. The van der Waals surface area contributed by atoms with E-state index in [1.807, 2.05) is 0 Å². The van der Waals surface area contributed by atoms with Gasteiger partial charge >= 0.3 is 6.08 Å². The minimum absolute atomic E-state index is 0.00336. The van der Waals surface area contributed by atoms with Gasteiger partial charge in [-0.1, -0.05) is 11.2 Å². The van der Waals surface area contributed by atoms with Crippen molar-refractivity contribution in [3.63, 3.8) is 0 Å². The van der Waals surface area contributed by atoms with Crippen LogP contribution in [0.3, 0.4) is 0 Å². The second kappa shape index (κ2) is 3.58. The molecule has 0 saturated heterocycles. The summed E-state index contributed by atoms with van der Waals surface area (Å²) in [6.07, 6.45) is 2.83. The molecule has 0 spiro atoms. The average Bonchev–Trinajstić information content (AvgIpc) is 2.82. The summed E-state index contributed by atoms with van der Waals surface area (Å²) in [5.74, 6) is 1.11. The number of nitrogens with two attached hydrogens (primary N) is 1. The first-order valence-corrected chi connectivity index (χ1v) is 6.42. The lowest BCUT2D eigenvalue weighted by Gasteiger charge is -2.66. The fraction of sp³-hybridized carbons (Fsp3) is 0.357. The van der Waals surface area contributed by atoms with Gasteiger partial charge in [-0.25, -0.2) is 0 Å². The van der Waals surface area contributed by atoms with E-state index in [2.05, 4.69) is 16.3 Å². The second-order valence-corrected chi connectivity index (χ2v) is 5.79. The zero-order valence-electron chi connectivity index (χ0n) is 10.7. The van der Waals surface area contributed by atoms with Gasteiger partial charge in [0.2, 0.25) is 5.89 Å². The predicted octanol–water partition coefficient (Wildman–Crippen LogP) is 1.87. The number of ether oxygens (including phenoxy) is 1. The number of benzene rings is 1. The molecule has 0 aliphatic heterocycles. The Bertz CT molecular complexity index is 711. The number of hydrogen-bond donors (Lipinski definition) is 1. The highest BCUT2D eigenvalue weighted by molar-refractivity contribution is 5.37. The third-order valence-corrected chi connectivity index (χ3v) is 4.10. The molecule has 0 amide bonds. The zero-order chi connectivity index (χ0) is 13.8. The topological polar surface area (TPSA) is 98.0 Å². The molecular weight excluding hydrogens is 256 g/mol. The molecule has 3 saturated carbocycles. The van der Waals surface area contributed by atoms with Crippen molar-refractivity contribution < 1.29 is 9.15 Å². The largest absolute Gasteiger partial charge is 0.420 e. The molecule has 2 bridgehead atoms. The molecule has 5 rings (SSSR count). The second-order valence-electron chi connectivity index (χ2n) is 5.79. The molecule has 2 aromatic rings. The van der Waals surface area contributed by atoms with Gasteiger partial charge in [-0.2, -0.15) is 5.26 Å². The van der Waals surface area contributed by atoms with E-state index in [0.29, 0.717) is 17.2 Å². The summed E-state index contributed by atoms with van der Waals surface area (Å²) in [5, 5.41) is 16.8. The van der Waals surface area contributed by atoms with Gasteiger partial charge in [0.05, 0.1) is 17.0 Å². The van der Waals surface area contributed by atoms with Crippen molar-refractivity contribution >= 4 is 0 Å². The smallest absolute Gasteiger partial charge is 0.410 e. The monoisotopic (exact) mass is 268 g/mol. The molecule has 2 N–H and O–H groups in total. The minimum Gasteiger partial charge on any atom is -0.410 e. The number of nitriles is 1. The molecular formula is C14H12N4O2. The van der Waals surface area contributed by atoms with Crippen molar-refractivity contribution in [2.24, 2.45) is 5.73 Å². The van der Waals surface area contributed by atoms with E-state index in [-0.39, 0.29) is 17.0 Å². The van der Waals surface area contributed by atoms with Gasteiger partial charge in [-0.05, 0) is 37.5 Å². The van der Waals surface area contributed by atoms with Gasteiger partial charge in [0.1, 0.15) is 5.75 Å². The van der Waals surface area contributed by atoms with Crippen LogP contribution in [0.15, 0.2) is 28.7 Å². The van der Waals surface area contributed by atoms with E-state index < -0.39 is 0 Å². The fourth-order valence-electron chi connectivity index (χ4n) is 3.29. The van der Waals surface area contributed by atoms with Gasteiger partial charge < -0.3 is 14.9 Å². The van der Waals surface area contributed by atoms with Crippen molar-refractivity contribution in [3.05, 3.63) is 35.7 Å². The highest BCUT2D eigenvalue weighted by Gasteiger charge is 2.69. The summed E-state index contributed by atoms with van der Waals surface area (Å²) in [6, 6.07) is 8.86. The van der Waals surface area contributed by atoms with Crippen molar-refractivity contribution in [3.8, 4) is 17.9 Å². The molecule has 0 unspecified atom stereocenters. The number of nitrogens with zero attached hydrogens (tertiary/aromatic N) is 3. The SMILES string of the molecule is N#Cc1cccc(Oc2nnc(C34CC(N)(C3)C4)o2)c1. The maximum Gasteiger partial charge on any atom is 0.420 e. The number of aromatic nitrogens is 2. The predicted molar refractivity (Wildman–Crippen MR) is 68.0 cm³/mol. The quantitative estimate of drug-likeness (QED) is 0.912. The van der Waals surface area contributed by atoms with Gasteiger partial charge in [0, 0.05) is 5.54 Å². The maximum atomic E-state index is 8.84. The summed E-state index contributed by atoms with van der Waals surface area (Å²) < 4.78 is 11.1. The van der Waals surface area contributed by atoms with Crippen LogP contribution in [-0.2, 0) is 5.41 Å². The Hall–Kier alpha value is -2.39. The molecule has 3 aliphatic carbocycles. The lowest BCUT2D eigenvalue weighted by atomic mass is 9.40. The minimum atomic E-state index is -0.0160. The Morgan fingerprint density at radius 1 is 1.30 bits per heavy atom. The Kier molecular flexibility index (Phi) is 2.05. The molecule has 0 radical (unpaired) electrons. The van der Waals surface area contributed by atoms with E-state index in [1.165, 1.54) is 0 Å². The first-order chi connectivity index (χ1) is 9.61. The zero-order valence-corrected chi connectivity index (χ0v) is 10.7. The van der Waals surface area contributed by atoms with Gasteiger partial charge in [0.15, 0.2) is 0 Å². The summed E-state index contributed by atoms with van der Waals surface area (Å²) in [7, 11) is 0. The van der Waals surface area contributed by atoms with Crippen LogP contribution in [0.1, 0.15) is 30.7 Å². The van der Waals surface area contributed by atoms with Crippen LogP contribution < -0.4 is 10.5 Å². The summed E-state index contributed by atoms with van der Waals surface area (Å²) in [5.41, 5.74) is 6.52. The highest BCUT2D eigenvalue weighted by Crippen LogP contribution is 2.66. The normalized spacial score (nSPS) is 30.0. The van der Waals surface area contributed by atoms with Crippen LogP contribution in [0.25, 0.3) is 0 Å². The Balaban J connectivity index is 1.53. The third kappa shape index (κ3) is 1.53. The highest BCUT2D eigenvalue weighted by atomic mass is 16.6. The van der Waals surface area contributed by atoms with Crippen molar-refractivity contribution in [1.29, 1.82) is 5.26 Å². The molecule has 6 nitrogen and oxygen atoms in total. The van der Waals surface area contributed by atoms with Crippen LogP contribution in [-0.4, -0.2) is 15.7 Å². The molecule has 6 heteroatoms. The molecule has 1 aromatic carbocycles. The molecule has 100 valence electrons. The summed E-state index contributed by atoms with van der Waals surface area (Å²) in [6.45, 7) is 0. The van der Waals surface area contributed by atoms with Crippen LogP contribution in [0.5, 0.6) is 11.8 Å². The fourth-order valence-corrected chi connectivity index (χ4v) is 3.29. The van der Waals surface area contributed by atoms with E-state index in [4.69, 9.17) is 20.1 Å². The summed E-state index contributed by atoms with van der Waals surface area (Å²) in [4.78, 5) is 0. The maximum absolute atomic E-state index is 8.84. The standard InChI is InChI=1S/C14H12N4O2/c15-5-9-2-1-3-10(4-9)19-12-18-17-11(20-12)13-6-14(16,7-13)8-13/h1-4H,6-8,16H2. The summed E-state index contributed by atoms with van der Waals surface area (Å²) >= 11 is 0. The van der Waals surface area contributed by atoms with Gasteiger partial charge in [0.25, 0.3) is 0 Å². The molecule has 3 fully saturated rings. The van der Waals surface area contributed by atoms with E-state index >= 15 is 0 Å². The van der Waals surface area contributed by atoms with Crippen LogP contribution in [0, 0.1) is 11.3 Å². The van der Waals surface area contributed by atoms with Crippen LogP contribution in [0.2, 0.25) is 0 Å². The van der Waals surface area contributed by atoms with Crippen molar-refractivity contribution in [1.82, 2.24) is 10.2 Å². The average molecular weight is 268 g/mol. The molecule has 20 heavy (non-hydrogen) atoms. The van der Waals surface area contributed by atoms with E-state index in [1.54, 1.807) is 24.3 Å². The van der Waals surface area contributed by atoms with Crippen molar-refractivity contribution in [2.45, 2.75) is 30.2 Å². The Labute approximate surface area is 115 Å². The Morgan fingerprint density at radius 2 is 2.10 bits per heavy atom. The van der Waals surface area contributed by atoms with Gasteiger partial charge in [-0.3, -0.25) is 0 Å². The van der Waals surface area contributed by atoms with Crippen molar-refractivity contribution in [2.75, 3.05) is 0 Å². The third-order valence-electron chi connectivity index (χ3n) is 4.10. The Morgan fingerprint density at radius 3 is 2.80 bits per heavy atom. The molecule has 0 atom stereocenters. The number of rotatable bonds is 3. The van der Waals surface area contributed by atoms with E-state index in [9.17, 15) is 0 Å². The first-order valence-electron chi connectivity index (χ1n) is 6.42.